The number of rotatable bonds is 2. The zero-order valence-corrected chi connectivity index (χ0v) is 17.3. The van der Waals surface area contributed by atoms with Crippen molar-refractivity contribution in [2.24, 2.45) is 0 Å². The summed E-state index contributed by atoms with van der Waals surface area (Å²) in [7, 11) is 0. The molecule has 0 bridgehead atoms. The zero-order chi connectivity index (χ0) is 19.3. The van der Waals surface area contributed by atoms with Gasteiger partial charge in [-0.2, -0.15) is 0 Å². The molecule has 0 aromatic heterocycles. The molecular weight excluding hydrogens is 410 g/mol. The van der Waals surface area contributed by atoms with Gasteiger partial charge in [-0.05, 0) is 56.7 Å². The van der Waals surface area contributed by atoms with Crippen LogP contribution in [0, 0.1) is 6.92 Å². The molecular formula is C20H24BrN3O3. The summed E-state index contributed by atoms with van der Waals surface area (Å²) in [5.74, 6) is -0.446. The van der Waals surface area contributed by atoms with Crippen LogP contribution in [0.25, 0.3) is 0 Å². The number of fused-ring (bicyclic) bond motifs is 1. The minimum Gasteiger partial charge on any atom is -0.323 e. The lowest BCUT2D eigenvalue weighted by molar-refractivity contribution is -0.137. The molecule has 2 fully saturated rings. The highest BCUT2D eigenvalue weighted by Crippen LogP contribution is 2.37. The van der Waals surface area contributed by atoms with Crippen LogP contribution in [0.4, 0.5) is 10.5 Å². The quantitative estimate of drug-likeness (QED) is 0.727. The first kappa shape index (κ1) is 18.5. The Labute approximate surface area is 167 Å². The average Bonchev–Trinajstić information content (AvgIpc) is 3.20. The van der Waals surface area contributed by atoms with Gasteiger partial charge in [0.2, 0.25) is 5.91 Å². The molecule has 1 aromatic carbocycles. The first-order valence-corrected chi connectivity index (χ1v) is 10.4. The van der Waals surface area contributed by atoms with Gasteiger partial charge < -0.3 is 10.2 Å². The van der Waals surface area contributed by atoms with E-state index >= 15 is 0 Å². The molecule has 1 aromatic rings. The van der Waals surface area contributed by atoms with Crippen molar-refractivity contribution in [3.05, 3.63) is 27.7 Å². The average molecular weight is 434 g/mol. The van der Waals surface area contributed by atoms with Crippen LogP contribution in [0.1, 0.15) is 50.2 Å². The highest BCUT2D eigenvalue weighted by molar-refractivity contribution is 9.10. The number of benzene rings is 1. The van der Waals surface area contributed by atoms with Crippen molar-refractivity contribution in [3.8, 4) is 0 Å². The number of imide groups is 1. The van der Waals surface area contributed by atoms with E-state index in [-0.39, 0.29) is 11.8 Å². The normalized spacial score (nSPS) is 22.2. The number of nitrogens with zero attached hydrogens (tertiary/aromatic N) is 2. The molecule has 4 rings (SSSR count). The molecule has 1 saturated heterocycles. The molecule has 1 N–H and O–H groups in total. The van der Waals surface area contributed by atoms with E-state index in [1.54, 1.807) is 11.8 Å². The number of amides is 4. The molecule has 4 amide bonds. The van der Waals surface area contributed by atoms with Crippen LogP contribution in [-0.2, 0) is 16.0 Å². The second-order valence-electron chi connectivity index (χ2n) is 7.89. The summed E-state index contributed by atoms with van der Waals surface area (Å²) in [5.41, 5.74) is 2.35. The van der Waals surface area contributed by atoms with Crippen molar-refractivity contribution >= 4 is 39.5 Å². The third-order valence-electron chi connectivity index (χ3n) is 6.14. The number of hydrogen-bond donors (Lipinski definition) is 1. The molecule has 0 radical (unpaired) electrons. The van der Waals surface area contributed by atoms with Crippen molar-refractivity contribution in [1.82, 2.24) is 10.2 Å². The minimum atomic E-state index is -0.816. The maximum absolute atomic E-state index is 13.3. The van der Waals surface area contributed by atoms with Gasteiger partial charge in [0.15, 0.2) is 0 Å². The third kappa shape index (κ3) is 2.87. The van der Waals surface area contributed by atoms with E-state index in [0.717, 1.165) is 51.9 Å². The van der Waals surface area contributed by atoms with Gasteiger partial charge in [0.05, 0.1) is 0 Å². The molecule has 1 atom stereocenters. The van der Waals surface area contributed by atoms with Gasteiger partial charge in [-0.25, -0.2) is 9.69 Å². The van der Waals surface area contributed by atoms with E-state index in [1.807, 2.05) is 13.0 Å². The van der Waals surface area contributed by atoms with Crippen LogP contribution in [0.2, 0.25) is 0 Å². The Morgan fingerprint density at radius 2 is 1.93 bits per heavy atom. The van der Waals surface area contributed by atoms with Crippen molar-refractivity contribution in [2.75, 3.05) is 11.4 Å². The summed E-state index contributed by atoms with van der Waals surface area (Å²) in [6.45, 7) is 4.29. The topological polar surface area (TPSA) is 69.7 Å². The van der Waals surface area contributed by atoms with Crippen LogP contribution in [0.15, 0.2) is 16.6 Å². The Morgan fingerprint density at radius 3 is 2.63 bits per heavy atom. The Bertz CT molecular complexity index is 832. The number of urea groups is 1. The molecule has 1 unspecified atom stereocenters. The fourth-order valence-corrected chi connectivity index (χ4v) is 4.94. The lowest BCUT2D eigenvalue weighted by Crippen LogP contribution is -2.52. The maximum Gasteiger partial charge on any atom is 0.325 e. The van der Waals surface area contributed by atoms with E-state index in [9.17, 15) is 14.4 Å². The minimum absolute atomic E-state index is 0.203. The predicted molar refractivity (Wildman–Crippen MR) is 106 cm³/mol. The van der Waals surface area contributed by atoms with E-state index in [1.165, 1.54) is 0 Å². The monoisotopic (exact) mass is 433 g/mol. The lowest BCUT2D eigenvalue weighted by atomic mass is 9.97. The van der Waals surface area contributed by atoms with E-state index in [0.29, 0.717) is 19.4 Å². The van der Waals surface area contributed by atoms with Crippen molar-refractivity contribution in [2.45, 2.75) is 64.0 Å². The number of carbonyl (C=O) groups is 3. The summed E-state index contributed by atoms with van der Waals surface area (Å²) in [6, 6.07) is 2.82. The van der Waals surface area contributed by atoms with Crippen molar-refractivity contribution in [1.29, 1.82) is 0 Å². The molecule has 27 heavy (non-hydrogen) atoms. The summed E-state index contributed by atoms with van der Waals surface area (Å²) in [6.07, 6.45) is 4.97. The number of carbonyl (C=O) groups excluding carboxylic acids is 3. The highest BCUT2D eigenvalue weighted by atomic mass is 79.9. The zero-order valence-electron chi connectivity index (χ0n) is 15.7. The summed E-state index contributed by atoms with van der Waals surface area (Å²) >= 11 is 3.55. The Balaban J connectivity index is 1.62. The van der Waals surface area contributed by atoms with Crippen molar-refractivity contribution < 1.29 is 14.4 Å². The van der Waals surface area contributed by atoms with Gasteiger partial charge in [-0.1, -0.05) is 34.8 Å². The number of halogens is 1. The maximum atomic E-state index is 13.3. The molecule has 144 valence electrons. The smallest absolute Gasteiger partial charge is 0.323 e. The predicted octanol–water partition coefficient (Wildman–Crippen LogP) is 3.29. The fraction of sp³-hybridized carbons (Fsp3) is 0.550. The SMILES string of the molecule is Cc1cc2c(cc1Br)N(C(=O)C(C)N1C(=O)NC3(CCCC3)C1=O)CCC2. The van der Waals surface area contributed by atoms with Gasteiger partial charge in [0.25, 0.3) is 5.91 Å². The summed E-state index contributed by atoms with van der Waals surface area (Å²) in [5, 5.41) is 2.86. The van der Waals surface area contributed by atoms with Crippen molar-refractivity contribution in [3.63, 3.8) is 0 Å². The lowest BCUT2D eigenvalue weighted by Gasteiger charge is -2.34. The Morgan fingerprint density at radius 1 is 1.22 bits per heavy atom. The highest BCUT2D eigenvalue weighted by Gasteiger charge is 2.55. The molecule has 7 heteroatoms. The van der Waals surface area contributed by atoms with E-state index in [4.69, 9.17) is 0 Å². The first-order chi connectivity index (χ1) is 12.8. The van der Waals surface area contributed by atoms with Gasteiger partial charge in [0, 0.05) is 16.7 Å². The molecule has 3 aliphatic rings. The van der Waals surface area contributed by atoms with Gasteiger partial charge >= 0.3 is 6.03 Å². The largest absolute Gasteiger partial charge is 0.325 e. The third-order valence-corrected chi connectivity index (χ3v) is 6.99. The van der Waals surface area contributed by atoms with E-state index < -0.39 is 17.6 Å². The molecule has 1 spiro atoms. The second kappa shape index (κ2) is 6.62. The van der Waals surface area contributed by atoms with Gasteiger partial charge in [-0.15, -0.1) is 0 Å². The first-order valence-electron chi connectivity index (χ1n) is 9.60. The van der Waals surface area contributed by atoms with Gasteiger partial charge in [-0.3, -0.25) is 9.59 Å². The van der Waals surface area contributed by atoms with Crippen LogP contribution in [-0.4, -0.2) is 40.9 Å². The van der Waals surface area contributed by atoms with Crippen LogP contribution < -0.4 is 10.2 Å². The molecule has 1 aliphatic carbocycles. The molecule has 6 nitrogen and oxygen atoms in total. The summed E-state index contributed by atoms with van der Waals surface area (Å²) < 4.78 is 0.952. The Kier molecular flexibility index (Phi) is 4.53. The number of aryl methyl sites for hydroxylation is 2. The molecule has 2 aliphatic heterocycles. The summed E-state index contributed by atoms with van der Waals surface area (Å²) in [4.78, 5) is 41.7. The molecule has 1 saturated carbocycles. The van der Waals surface area contributed by atoms with Crippen LogP contribution in [0.3, 0.4) is 0 Å². The molecule has 2 heterocycles. The fourth-order valence-electron chi connectivity index (χ4n) is 4.61. The van der Waals surface area contributed by atoms with Gasteiger partial charge in [0.1, 0.15) is 11.6 Å². The number of nitrogens with one attached hydrogen (secondary N) is 1. The van der Waals surface area contributed by atoms with Crippen LogP contribution >= 0.6 is 15.9 Å². The second-order valence-corrected chi connectivity index (χ2v) is 8.75. The Hall–Kier alpha value is -1.89. The standard InChI is InChI=1S/C20H24BrN3O3/c1-12-10-14-6-5-9-23(16(14)11-15(12)21)17(25)13(2)24-18(26)20(22-19(24)27)7-3-4-8-20/h10-11,13H,3-9H2,1-2H3,(H,22,27). The number of anilines is 1. The van der Waals surface area contributed by atoms with E-state index in [2.05, 4.69) is 27.3 Å². The number of hydrogen-bond acceptors (Lipinski definition) is 3. The van der Waals surface area contributed by atoms with Crippen LogP contribution in [0.5, 0.6) is 0 Å².